The van der Waals surface area contributed by atoms with E-state index in [0.29, 0.717) is 19.2 Å². The van der Waals surface area contributed by atoms with Gasteiger partial charge in [0.25, 0.3) is 0 Å². The van der Waals surface area contributed by atoms with E-state index in [4.69, 9.17) is 0 Å². The van der Waals surface area contributed by atoms with Gasteiger partial charge in [0.2, 0.25) is 15.9 Å². The molecule has 0 aromatic heterocycles. The maximum atomic E-state index is 12.6. The predicted molar refractivity (Wildman–Crippen MR) is 82.0 cm³/mol. The first-order valence-corrected chi connectivity index (χ1v) is 8.90. The van der Waals surface area contributed by atoms with Gasteiger partial charge in [0.1, 0.15) is 0 Å². The quantitative estimate of drug-likeness (QED) is 0.540. The van der Waals surface area contributed by atoms with Gasteiger partial charge in [-0.1, -0.05) is 6.07 Å². The van der Waals surface area contributed by atoms with E-state index >= 15 is 0 Å². The Hall–Kier alpha value is -1.69. The third-order valence-electron chi connectivity index (χ3n) is 3.76. The number of rotatable bonds is 6. The van der Waals surface area contributed by atoms with Crippen LogP contribution < -0.4 is 15.4 Å². The van der Waals surface area contributed by atoms with Crippen molar-refractivity contribution in [2.75, 3.05) is 26.2 Å². The van der Waals surface area contributed by atoms with Crippen molar-refractivity contribution in [2.45, 2.75) is 17.2 Å². The molecule has 1 fully saturated rings. The van der Waals surface area contributed by atoms with Crippen molar-refractivity contribution in [3.8, 4) is 0 Å². The van der Waals surface area contributed by atoms with E-state index in [1.54, 1.807) is 0 Å². The van der Waals surface area contributed by atoms with Crippen LogP contribution in [0.2, 0.25) is 0 Å². The van der Waals surface area contributed by atoms with Crippen LogP contribution in [-0.2, 0) is 21.0 Å². The van der Waals surface area contributed by atoms with Crippen LogP contribution in [0, 0.1) is 5.92 Å². The molecule has 1 heterocycles. The largest absolute Gasteiger partial charge is 0.416 e. The van der Waals surface area contributed by atoms with Crippen molar-refractivity contribution in [3.05, 3.63) is 29.8 Å². The average molecular weight is 381 g/mol. The smallest absolute Gasteiger partial charge is 0.391 e. The van der Waals surface area contributed by atoms with E-state index in [2.05, 4.69) is 10.6 Å². The molecule has 4 N–H and O–H groups in total. The molecule has 2 atom stereocenters. The number of sulfonamides is 1. The number of β-amino-alcohol motifs (C(OH)–C–C–N with tert-alkyl or cyclic N) is 1. The van der Waals surface area contributed by atoms with Crippen LogP contribution in [0.4, 0.5) is 13.2 Å². The van der Waals surface area contributed by atoms with Crippen LogP contribution in [0.15, 0.2) is 29.2 Å². The molecule has 0 radical (unpaired) electrons. The zero-order valence-corrected chi connectivity index (χ0v) is 13.8. The van der Waals surface area contributed by atoms with Crippen molar-refractivity contribution in [2.24, 2.45) is 5.92 Å². The third kappa shape index (κ3) is 5.39. The Morgan fingerprint density at radius 2 is 2.04 bits per heavy atom. The topological polar surface area (TPSA) is 108 Å². The zero-order valence-electron chi connectivity index (χ0n) is 13.0. The lowest BCUT2D eigenvalue weighted by molar-refractivity contribution is -0.137. The predicted octanol–water partition coefficient (Wildman–Crippen LogP) is -0.320. The van der Waals surface area contributed by atoms with Gasteiger partial charge < -0.3 is 15.7 Å². The van der Waals surface area contributed by atoms with Gasteiger partial charge in [-0.3, -0.25) is 4.79 Å². The molecule has 2 rings (SSSR count). The second kappa shape index (κ2) is 7.68. The Labute approximate surface area is 142 Å². The number of alkyl halides is 3. The first kappa shape index (κ1) is 19.6. The summed E-state index contributed by atoms with van der Waals surface area (Å²) in [5.74, 6) is -0.821. The Morgan fingerprint density at radius 3 is 2.64 bits per heavy atom. The molecule has 1 aliphatic heterocycles. The summed E-state index contributed by atoms with van der Waals surface area (Å²) in [6, 6.07) is 3.25. The number of amides is 1. The van der Waals surface area contributed by atoms with Gasteiger partial charge in [-0.2, -0.15) is 13.2 Å². The molecule has 1 saturated heterocycles. The maximum absolute atomic E-state index is 12.6. The number of hydrogen-bond donors (Lipinski definition) is 4. The van der Waals surface area contributed by atoms with Crippen LogP contribution in [0.25, 0.3) is 0 Å². The highest BCUT2D eigenvalue weighted by molar-refractivity contribution is 7.89. The van der Waals surface area contributed by atoms with Gasteiger partial charge in [0.05, 0.1) is 23.1 Å². The number of aliphatic hydroxyl groups is 1. The Morgan fingerprint density at radius 1 is 1.32 bits per heavy atom. The SMILES string of the molecule is O=C(CNS(=O)(=O)c1cccc(C(F)(F)F)c1)NCC1CNCC1O. The second-order valence-electron chi connectivity index (χ2n) is 5.64. The molecular formula is C14H18F3N3O4S. The summed E-state index contributed by atoms with van der Waals surface area (Å²) in [6.07, 6.45) is -5.26. The van der Waals surface area contributed by atoms with Crippen molar-refractivity contribution in [1.82, 2.24) is 15.4 Å². The van der Waals surface area contributed by atoms with Gasteiger partial charge in [-0.25, -0.2) is 13.1 Å². The minimum Gasteiger partial charge on any atom is -0.391 e. The van der Waals surface area contributed by atoms with E-state index in [1.165, 1.54) is 0 Å². The van der Waals surface area contributed by atoms with E-state index in [1.807, 2.05) is 4.72 Å². The van der Waals surface area contributed by atoms with Crippen LogP contribution in [-0.4, -0.2) is 51.7 Å². The van der Waals surface area contributed by atoms with Gasteiger partial charge in [-0.05, 0) is 18.2 Å². The van der Waals surface area contributed by atoms with Crippen LogP contribution in [0.3, 0.4) is 0 Å². The summed E-state index contributed by atoms with van der Waals surface area (Å²) >= 11 is 0. The number of carbonyl (C=O) groups excluding carboxylic acids is 1. The van der Waals surface area contributed by atoms with Crippen LogP contribution in [0.5, 0.6) is 0 Å². The summed E-state index contributed by atoms with van der Waals surface area (Å²) in [5.41, 5.74) is -1.09. The lowest BCUT2D eigenvalue weighted by atomic mass is 10.1. The van der Waals surface area contributed by atoms with Crippen LogP contribution >= 0.6 is 0 Å². The highest BCUT2D eigenvalue weighted by Crippen LogP contribution is 2.30. The molecule has 11 heteroatoms. The number of hydrogen-bond acceptors (Lipinski definition) is 5. The average Bonchev–Trinajstić information content (AvgIpc) is 2.95. The number of benzene rings is 1. The zero-order chi connectivity index (χ0) is 18.7. The fraction of sp³-hybridized carbons (Fsp3) is 0.500. The molecule has 2 unspecified atom stereocenters. The highest BCUT2D eigenvalue weighted by atomic mass is 32.2. The summed E-state index contributed by atoms with van der Waals surface area (Å²) in [7, 11) is -4.26. The van der Waals surface area contributed by atoms with E-state index in [9.17, 15) is 31.5 Å². The molecule has 0 bridgehead atoms. The Bertz CT molecular complexity index is 724. The number of halogens is 3. The molecule has 1 aromatic carbocycles. The number of nitrogens with one attached hydrogen (secondary N) is 3. The standard InChI is InChI=1S/C14H18F3N3O4S/c15-14(16,17)10-2-1-3-11(4-10)25(23,24)20-8-13(22)19-6-9-5-18-7-12(9)21/h1-4,9,12,18,20-21H,5-8H2,(H,19,22). The molecule has 140 valence electrons. The Balaban J connectivity index is 1.91. The van der Waals surface area contributed by atoms with Crippen LogP contribution in [0.1, 0.15) is 5.56 Å². The number of aliphatic hydroxyl groups excluding tert-OH is 1. The van der Waals surface area contributed by atoms with Gasteiger partial charge in [-0.15, -0.1) is 0 Å². The first-order chi connectivity index (χ1) is 11.6. The molecule has 0 aliphatic carbocycles. The van der Waals surface area contributed by atoms with Gasteiger partial charge in [0.15, 0.2) is 0 Å². The number of carbonyl (C=O) groups is 1. The van der Waals surface area contributed by atoms with Crippen molar-refractivity contribution in [1.29, 1.82) is 0 Å². The Kier molecular flexibility index (Phi) is 6.03. The monoisotopic (exact) mass is 381 g/mol. The summed E-state index contributed by atoms with van der Waals surface area (Å²) in [4.78, 5) is 11.1. The van der Waals surface area contributed by atoms with Gasteiger partial charge >= 0.3 is 6.18 Å². The third-order valence-corrected chi connectivity index (χ3v) is 5.16. The fourth-order valence-electron chi connectivity index (χ4n) is 2.32. The summed E-state index contributed by atoms with van der Waals surface area (Å²) in [5, 5.41) is 15.0. The molecule has 1 amide bonds. The molecule has 7 nitrogen and oxygen atoms in total. The first-order valence-electron chi connectivity index (χ1n) is 7.42. The molecule has 25 heavy (non-hydrogen) atoms. The van der Waals surface area contributed by atoms with E-state index in [-0.39, 0.29) is 12.5 Å². The molecule has 0 saturated carbocycles. The molecule has 0 spiro atoms. The lowest BCUT2D eigenvalue weighted by Gasteiger charge is -2.14. The second-order valence-corrected chi connectivity index (χ2v) is 7.41. The van der Waals surface area contributed by atoms with E-state index in [0.717, 1.165) is 18.2 Å². The van der Waals surface area contributed by atoms with Crippen molar-refractivity contribution >= 4 is 15.9 Å². The van der Waals surface area contributed by atoms with Crippen molar-refractivity contribution in [3.63, 3.8) is 0 Å². The van der Waals surface area contributed by atoms with E-state index < -0.39 is 45.2 Å². The summed E-state index contributed by atoms with van der Waals surface area (Å²) in [6.45, 7) is 0.493. The molecular weight excluding hydrogens is 363 g/mol. The minimum atomic E-state index is -4.67. The highest BCUT2D eigenvalue weighted by Gasteiger charge is 2.31. The minimum absolute atomic E-state index is 0.165. The normalized spacial score (nSPS) is 21.3. The maximum Gasteiger partial charge on any atom is 0.416 e. The fourth-order valence-corrected chi connectivity index (χ4v) is 3.35. The molecule has 1 aliphatic rings. The van der Waals surface area contributed by atoms with Crippen molar-refractivity contribution < 1.29 is 31.5 Å². The van der Waals surface area contributed by atoms with Gasteiger partial charge in [0, 0.05) is 25.6 Å². The lowest BCUT2D eigenvalue weighted by Crippen LogP contribution is -2.40. The molecule has 1 aromatic rings. The summed E-state index contributed by atoms with van der Waals surface area (Å²) < 4.78 is 63.9.